The molecular formula is C12H25N3O5S2. The van der Waals surface area contributed by atoms with E-state index in [4.69, 9.17) is 0 Å². The minimum atomic E-state index is -3.49. The van der Waals surface area contributed by atoms with Gasteiger partial charge in [0.1, 0.15) is 0 Å². The van der Waals surface area contributed by atoms with Gasteiger partial charge in [-0.05, 0) is 20.5 Å². The zero-order chi connectivity index (χ0) is 17.1. The third-order valence-electron chi connectivity index (χ3n) is 3.73. The first-order valence-electron chi connectivity index (χ1n) is 6.98. The van der Waals surface area contributed by atoms with E-state index in [1.165, 1.54) is 11.9 Å². The molecule has 1 amide bonds. The van der Waals surface area contributed by atoms with Crippen LogP contribution < -0.4 is 0 Å². The van der Waals surface area contributed by atoms with E-state index in [0.29, 0.717) is 13.0 Å². The summed E-state index contributed by atoms with van der Waals surface area (Å²) in [5.41, 5.74) is 0. The number of sulfonamides is 1. The summed E-state index contributed by atoms with van der Waals surface area (Å²) in [6.45, 7) is 0.454. The molecule has 130 valence electrons. The molecule has 1 fully saturated rings. The molecule has 22 heavy (non-hydrogen) atoms. The predicted molar refractivity (Wildman–Crippen MR) is 84.8 cm³/mol. The van der Waals surface area contributed by atoms with Gasteiger partial charge in [-0.3, -0.25) is 4.79 Å². The maximum Gasteiger partial charge on any atom is 0.237 e. The van der Waals surface area contributed by atoms with E-state index in [9.17, 15) is 21.6 Å². The Labute approximate surface area is 133 Å². The number of hydrogen-bond donors (Lipinski definition) is 0. The first-order chi connectivity index (χ1) is 9.92. The molecule has 0 radical (unpaired) electrons. The van der Waals surface area contributed by atoms with Crippen molar-refractivity contribution in [3.8, 4) is 0 Å². The van der Waals surface area contributed by atoms with E-state index >= 15 is 0 Å². The van der Waals surface area contributed by atoms with Crippen molar-refractivity contribution in [1.29, 1.82) is 0 Å². The second kappa shape index (κ2) is 7.24. The molecule has 10 heteroatoms. The number of nitrogens with zero attached hydrogens (tertiary/aromatic N) is 3. The quantitative estimate of drug-likeness (QED) is 0.549. The van der Waals surface area contributed by atoms with Gasteiger partial charge in [-0.15, -0.1) is 0 Å². The van der Waals surface area contributed by atoms with Gasteiger partial charge in [-0.2, -0.15) is 4.31 Å². The van der Waals surface area contributed by atoms with Crippen molar-refractivity contribution in [2.75, 3.05) is 58.5 Å². The fourth-order valence-electron chi connectivity index (χ4n) is 2.22. The van der Waals surface area contributed by atoms with Crippen molar-refractivity contribution in [1.82, 2.24) is 14.1 Å². The van der Waals surface area contributed by atoms with E-state index < -0.39 is 19.9 Å². The summed E-state index contributed by atoms with van der Waals surface area (Å²) < 4.78 is 47.6. The molecular weight excluding hydrogens is 330 g/mol. The van der Waals surface area contributed by atoms with Crippen molar-refractivity contribution in [3.05, 3.63) is 0 Å². The molecule has 1 aliphatic heterocycles. The standard InChI is InChI=1S/C12H25N3O5S2/c1-13(2)6-7-15(21(4,17)18)9-12(16)14(3)11-5-8-22(19,20)10-11/h11H,5-10H2,1-4H3. The second-order valence-corrected chi connectivity index (χ2v) is 10.2. The Morgan fingerprint density at radius 2 is 1.77 bits per heavy atom. The maximum absolute atomic E-state index is 12.3. The molecule has 1 rings (SSSR count). The molecule has 1 atom stereocenters. The highest BCUT2D eigenvalue weighted by atomic mass is 32.2. The van der Waals surface area contributed by atoms with Gasteiger partial charge < -0.3 is 9.80 Å². The van der Waals surface area contributed by atoms with Crippen LogP contribution in [0.15, 0.2) is 0 Å². The fourth-order valence-corrected chi connectivity index (χ4v) is 4.75. The maximum atomic E-state index is 12.3. The first-order valence-corrected chi connectivity index (χ1v) is 10.7. The Morgan fingerprint density at radius 3 is 2.18 bits per heavy atom. The van der Waals surface area contributed by atoms with E-state index in [-0.39, 0.29) is 36.5 Å². The highest BCUT2D eigenvalue weighted by Gasteiger charge is 2.33. The Balaban J connectivity index is 2.70. The average Bonchev–Trinajstić information content (AvgIpc) is 2.71. The molecule has 0 N–H and O–H groups in total. The van der Waals surface area contributed by atoms with Gasteiger partial charge in [0.15, 0.2) is 9.84 Å². The Bertz CT molecular complexity index is 600. The zero-order valence-corrected chi connectivity index (χ0v) is 15.2. The summed E-state index contributed by atoms with van der Waals surface area (Å²) in [5, 5.41) is 0. The van der Waals surface area contributed by atoms with E-state index in [1.54, 1.807) is 0 Å². The van der Waals surface area contributed by atoms with Gasteiger partial charge in [-0.1, -0.05) is 0 Å². The van der Waals surface area contributed by atoms with Crippen LogP contribution >= 0.6 is 0 Å². The van der Waals surface area contributed by atoms with Gasteiger partial charge in [0.2, 0.25) is 15.9 Å². The Kier molecular flexibility index (Phi) is 6.36. The minimum Gasteiger partial charge on any atom is -0.341 e. The lowest BCUT2D eigenvalue weighted by Crippen LogP contribution is -2.46. The summed E-state index contributed by atoms with van der Waals surface area (Å²) in [4.78, 5) is 15.4. The van der Waals surface area contributed by atoms with Crippen LogP contribution in [0.3, 0.4) is 0 Å². The van der Waals surface area contributed by atoms with Crippen molar-refractivity contribution in [3.63, 3.8) is 0 Å². The van der Waals surface area contributed by atoms with Crippen molar-refractivity contribution < 1.29 is 21.6 Å². The lowest BCUT2D eigenvalue weighted by atomic mass is 10.2. The van der Waals surface area contributed by atoms with E-state index in [1.807, 2.05) is 19.0 Å². The predicted octanol–water partition coefficient (Wildman–Crippen LogP) is -1.54. The Hall–Kier alpha value is -0.710. The molecule has 1 aliphatic rings. The summed E-state index contributed by atoms with van der Waals surface area (Å²) >= 11 is 0. The summed E-state index contributed by atoms with van der Waals surface area (Å²) in [6, 6.07) is -0.368. The van der Waals surface area contributed by atoms with Crippen molar-refractivity contribution in [2.24, 2.45) is 0 Å². The molecule has 0 bridgehead atoms. The lowest BCUT2D eigenvalue weighted by molar-refractivity contribution is -0.131. The highest BCUT2D eigenvalue weighted by molar-refractivity contribution is 7.91. The van der Waals surface area contributed by atoms with E-state index in [0.717, 1.165) is 10.6 Å². The van der Waals surface area contributed by atoms with Crippen LogP contribution in [0.1, 0.15) is 6.42 Å². The summed E-state index contributed by atoms with van der Waals surface area (Å²) in [6.07, 6.45) is 1.47. The first kappa shape index (κ1) is 19.3. The monoisotopic (exact) mass is 355 g/mol. The largest absolute Gasteiger partial charge is 0.341 e. The van der Waals surface area contributed by atoms with Gasteiger partial charge >= 0.3 is 0 Å². The lowest BCUT2D eigenvalue weighted by Gasteiger charge is -2.27. The summed E-state index contributed by atoms with van der Waals surface area (Å²) in [5.74, 6) is -0.358. The van der Waals surface area contributed by atoms with Crippen LogP contribution in [0.2, 0.25) is 0 Å². The number of rotatable bonds is 7. The topological polar surface area (TPSA) is 95.1 Å². The molecule has 0 aromatic heterocycles. The average molecular weight is 355 g/mol. The molecule has 0 aromatic rings. The minimum absolute atomic E-state index is 0.0498. The number of amides is 1. The van der Waals surface area contributed by atoms with Crippen LogP contribution in [-0.2, 0) is 24.7 Å². The third-order valence-corrected chi connectivity index (χ3v) is 6.73. The molecule has 0 aliphatic carbocycles. The molecule has 8 nitrogen and oxygen atoms in total. The zero-order valence-electron chi connectivity index (χ0n) is 13.5. The van der Waals surface area contributed by atoms with Crippen LogP contribution in [0, 0.1) is 0 Å². The van der Waals surface area contributed by atoms with Gasteiger partial charge in [0.05, 0.1) is 24.3 Å². The number of carbonyl (C=O) groups is 1. The number of likely N-dealkylation sites (N-methyl/N-ethyl adjacent to an activating group) is 2. The van der Waals surface area contributed by atoms with Crippen LogP contribution in [-0.4, -0.2) is 101 Å². The molecule has 1 saturated heterocycles. The highest BCUT2D eigenvalue weighted by Crippen LogP contribution is 2.17. The third kappa shape index (κ3) is 5.82. The van der Waals surface area contributed by atoms with Gasteiger partial charge in [-0.25, -0.2) is 16.8 Å². The second-order valence-electron chi connectivity index (χ2n) is 5.96. The number of hydrogen-bond acceptors (Lipinski definition) is 6. The normalized spacial score (nSPS) is 21.5. The van der Waals surface area contributed by atoms with Gasteiger partial charge in [0, 0.05) is 26.2 Å². The van der Waals surface area contributed by atoms with Crippen LogP contribution in [0.25, 0.3) is 0 Å². The number of carbonyl (C=O) groups excluding carboxylic acids is 1. The molecule has 1 unspecified atom stereocenters. The molecule has 0 spiro atoms. The molecule has 0 saturated carbocycles. The fraction of sp³-hybridized carbons (Fsp3) is 0.917. The van der Waals surface area contributed by atoms with E-state index in [2.05, 4.69) is 0 Å². The van der Waals surface area contributed by atoms with Gasteiger partial charge in [0.25, 0.3) is 0 Å². The Morgan fingerprint density at radius 1 is 1.18 bits per heavy atom. The van der Waals surface area contributed by atoms with Crippen LogP contribution in [0.4, 0.5) is 0 Å². The van der Waals surface area contributed by atoms with Crippen LogP contribution in [0.5, 0.6) is 0 Å². The van der Waals surface area contributed by atoms with Crippen molar-refractivity contribution >= 4 is 25.8 Å². The number of sulfone groups is 1. The molecule has 1 heterocycles. The smallest absolute Gasteiger partial charge is 0.237 e. The molecule has 0 aromatic carbocycles. The van der Waals surface area contributed by atoms with Crippen molar-refractivity contribution in [2.45, 2.75) is 12.5 Å². The summed E-state index contributed by atoms with van der Waals surface area (Å²) in [7, 11) is -1.42. The SMILES string of the molecule is CN(C)CCN(CC(=O)N(C)C1CCS(=O)(=O)C1)S(C)(=O)=O.